The molecule has 1 aromatic heterocycles. The molecule has 1 heterocycles. The Hall–Kier alpha value is -2.39. The quantitative estimate of drug-likeness (QED) is 0.529. The van der Waals surface area contributed by atoms with E-state index in [9.17, 15) is 13.2 Å². The lowest BCUT2D eigenvalue weighted by Gasteiger charge is -2.08. The molecule has 0 amide bonds. The van der Waals surface area contributed by atoms with Crippen molar-refractivity contribution in [3.63, 3.8) is 0 Å². The normalized spacial score (nSPS) is 11.2. The molecule has 0 spiro atoms. The molecule has 8 nitrogen and oxygen atoms in total. The number of hydrogen-bond acceptors (Lipinski definition) is 6. The lowest BCUT2D eigenvalue weighted by Crippen LogP contribution is -2.25. The molecule has 0 aliphatic heterocycles. The van der Waals surface area contributed by atoms with Gasteiger partial charge in [0.05, 0.1) is 18.3 Å². The Bertz CT molecular complexity index is 742. The summed E-state index contributed by atoms with van der Waals surface area (Å²) in [5, 5.41) is 0. The summed E-state index contributed by atoms with van der Waals surface area (Å²) in [6.45, 7) is 0.777. The molecule has 0 unspecified atom stereocenters. The summed E-state index contributed by atoms with van der Waals surface area (Å²) in [4.78, 5) is 15.0. The lowest BCUT2D eigenvalue weighted by atomic mass is 10.3. The molecule has 2 rings (SSSR count). The average Bonchev–Trinajstić information content (AvgIpc) is 3.10. The Morgan fingerprint density at radius 1 is 1.29 bits per heavy atom. The van der Waals surface area contributed by atoms with E-state index in [1.54, 1.807) is 12.5 Å². The van der Waals surface area contributed by atoms with Crippen LogP contribution in [0, 0.1) is 0 Å². The highest BCUT2D eigenvalue weighted by atomic mass is 32.2. The number of hydrogen-bond donors (Lipinski definition) is 1. The third-order valence-electron chi connectivity index (χ3n) is 3.16. The fraction of sp³-hybridized carbons (Fsp3) is 0.333. The van der Waals surface area contributed by atoms with Crippen LogP contribution in [-0.4, -0.2) is 44.2 Å². The molecule has 24 heavy (non-hydrogen) atoms. The summed E-state index contributed by atoms with van der Waals surface area (Å²) in [7, 11) is -2.31. The average molecular weight is 353 g/mol. The minimum atomic E-state index is -3.58. The van der Waals surface area contributed by atoms with E-state index in [1.807, 2.05) is 10.8 Å². The standard InChI is InChI=1S/C15H19N3O5S/c1-22-15(19)11-23-13-3-5-14(6-4-13)24(20,21)17-7-2-9-18-10-8-16-12-18/h3-6,8,10,12,17H,2,7,9,11H2,1H3. The number of carbonyl (C=O) groups excluding carboxylic acids is 1. The lowest BCUT2D eigenvalue weighted by molar-refractivity contribution is -0.142. The van der Waals surface area contributed by atoms with Gasteiger partial charge in [0.25, 0.3) is 0 Å². The fourth-order valence-electron chi connectivity index (χ4n) is 1.89. The van der Waals surface area contributed by atoms with Crippen LogP contribution < -0.4 is 9.46 Å². The molecule has 130 valence electrons. The smallest absolute Gasteiger partial charge is 0.343 e. The number of sulfonamides is 1. The maximum absolute atomic E-state index is 12.2. The summed E-state index contributed by atoms with van der Waals surface area (Å²) >= 11 is 0. The molecule has 2 aromatic rings. The first kappa shape index (κ1) is 18.0. The molecule has 0 bridgehead atoms. The molecule has 1 aromatic carbocycles. The van der Waals surface area contributed by atoms with Crippen molar-refractivity contribution in [1.29, 1.82) is 0 Å². The van der Waals surface area contributed by atoms with Crippen LogP contribution in [0.2, 0.25) is 0 Å². The monoisotopic (exact) mass is 353 g/mol. The van der Waals surface area contributed by atoms with Gasteiger partial charge in [-0.15, -0.1) is 0 Å². The SMILES string of the molecule is COC(=O)COc1ccc(S(=O)(=O)NCCCn2ccnc2)cc1. The van der Waals surface area contributed by atoms with Gasteiger partial charge in [0.2, 0.25) is 10.0 Å². The van der Waals surface area contributed by atoms with Gasteiger partial charge in [-0.1, -0.05) is 0 Å². The van der Waals surface area contributed by atoms with Crippen LogP contribution in [-0.2, 0) is 26.1 Å². The summed E-state index contributed by atoms with van der Waals surface area (Å²) in [5.74, 6) is -0.120. The number of nitrogens with one attached hydrogen (secondary N) is 1. The van der Waals surface area contributed by atoms with Gasteiger partial charge in [0, 0.05) is 25.5 Å². The van der Waals surface area contributed by atoms with Crippen molar-refractivity contribution in [3.05, 3.63) is 43.0 Å². The van der Waals surface area contributed by atoms with Crippen LogP contribution >= 0.6 is 0 Å². The minimum Gasteiger partial charge on any atom is -0.482 e. The first-order valence-electron chi connectivity index (χ1n) is 7.26. The van der Waals surface area contributed by atoms with Gasteiger partial charge in [-0.2, -0.15) is 0 Å². The summed E-state index contributed by atoms with van der Waals surface area (Å²) in [5.41, 5.74) is 0. The van der Waals surface area contributed by atoms with Crippen molar-refractivity contribution in [2.24, 2.45) is 0 Å². The van der Waals surface area contributed by atoms with Crippen LogP contribution in [0.5, 0.6) is 5.75 Å². The maximum Gasteiger partial charge on any atom is 0.343 e. The highest BCUT2D eigenvalue weighted by Crippen LogP contribution is 2.15. The van der Waals surface area contributed by atoms with Gasteiger partial charge in [0.15, 0.2) is 6.61 Å². The van der Waals surface area contributed by atoms with Gasteiger partial charge >= 0.3 is 5.97 Å². The van der Waals surface area contributed by atoms with Gasteiger partial charge < -0.3 is 14.0 Å². The van der Waals surface area contributed by atoms with Crippen molar-refractivity contribution in [1.82, 2.24) is 14.3 Å². The second kappa shape index (κ2) is 8.46. The molecule has 0 atom stereocenters. The number of methoxy groups -OCH3 is 1. The van der Waals surface area contributed by atoms with Gasteiger partial charge in [-0.05, 0) is 30.7 Å². The Kier molecular flexibility index (Phi) is 6.33. The van der Waals surface area contributed by atoms with Crippen LogP contribution in [0.15, 0.2) is 47.9 Å². The highest BCUT2D eigenvalue weighted by molar-refractivity contribution is 7.89. The Morgan fingerprint density at radius 3 is 2.67 bits per heavy atom. The summed E-state index contributed by atoms with van der Waals surface area (Å²) in [6, 6.07) is 5.82. The number of esters is 1. The third kappa shape index (κ3) is 5.36. The van der Waals surface area contributed by atoms with Crippen LogP contribution in [0.4, 0.5) is 0 Å². The fourth-order valence-corrected chi connectivity index (χ4v) is 2.96. The van der Waals surface area contributed by atoms with E-state index >= 15 is 0 Å². The number of nitrogens with zero attached hydrogens (tertiary/aromatic N) is 2. The van der Waals surface area contributed by atoms with E-state index in [-0.39, 0.29) is 11.5 Å². The van der Waals surface area contributed by atoms with Crippen LogP contribution in [0.1, 0.15) is 6.42 Å². The molecule has 1 N–H and O–H groups in total. The van der Waals surface area contributed by atoms with Crippen LogP contribution in [0.25, 0.3) is 0 Å². The van der Waals surface area contributed by atoms with E-state index in [0.717, 1.165) is 0 Å². The van der Waals surface area contributed by atoms with E-state index in [2.05, 4.69) is 14.4 Å². The number of aryl methyl sites for hydroxylation is 1. The molecular weight excluding hydrogens is 334 g/mol. The Labute approximate surface area is 140 Å². The van der Waals surface area contributed by atoms with E-state index < -0.39 is 16.0 Å². The predicted octanol–water partition coefficient (Wildman–Crippen LogP) is 0.803. The topological polar surface area (TPSA) is 99.5 Å². The van der Waals surface area contributed by atoms with Gasteiger partial charge in [-0.3, -0.25) is 0 Å². The number of imidazole rings is 1. The zero-order valence-corrected chi connectivity index (χ0v) is 14.0. The predicted molar refractivity (Wildman–Crippen MR) is 86.0 cm³/mol. The van der Waals surface area contributed by atoms with E-state index in [1.165, 1.54) is 31.4 Å². The van der Waals surface area contributed by atoms with Gasteiger partial charge in [-0.25, -0.2) is 22.9 Å². The number of ether oxygens (including phenoxy) is 2. The first-order valence-corrected chi connectivity index (χ1v) is 8.74. The maximum atomic E-state index is 12.2. The van der Waals surface area contributed by atoms with E-state index in [4.69, 9.17) is 4.74 Å². The van der Waals surface area contributed by atoms with Crippen molar-refractivity contribution < 1.29 is 22.7 Å². The number of benzene rings is 1. The molecule has 0 saturated heterocycles. The Balaban J connectivity index is 1.83. The molecule has 0 fully saturated rings. The molecule has 0 saturated carbocycles. The Morgan fingerprint density at radius 2 is 2.04 bits per heavy atom. The molecule has 9 heteroatoms. The largest absolute Gasteiger partial charge is 0.482 e. The molecule has 0 radical (unpaired) electrons. The number of rotatable bonds is 9. The zero-order valence-electron chi connectivity index (χ0n) is 13.2. The zero-order chi connectivity index (χ0) is 17.4. The van der Waals surface area contributed by atoms with Gasteiger partial charge in [0.1, 0.15) is 5.75 Å². The molecule has 0 aliphatic carbocycles. The first-order chi connectivity index (χ1) is 11.5. The second-order valence-electron chi connectivity index (χ2n) is 4.89. The molecule has 0 aliphatic rings. The van der Waals surface area contributed by atoms with Crippen molar-refractivity contribution in [2.75, 3.05) is 20.3 Å². The van der Waals surface area contributed by atoms with E-state index in [0.29, 0.717) is 25.3 Å². The molecular formula is C15H19N3O5S. The second-order valence-corrected chi connectivity index (χ2v) is 6.66. The summed E-state index contributed by atoms with van der Waals surface area (Å²) in [6.07, 6.45) is 5.83. The third-order valence-corrected chi connectivity index (χ3v) is 4.64. The number of aromatic nitrogens is 2. The van der Waals surface area contributed by atoms with Crippen molar-refractivity contribution >= 4 is 16.0 Å². The van der Waals surface area contributed by atoms with Crippen LogP contribution in [0.3, 0.4) is 0 Å². The highest BCUT2D eigenvalue weighted by Gasteiger charge is 2.13. The van der Waals surface area contributed by atoms with Crippen molar-refractivity contribution in [2.45, 2.75) is 17.9 Å². The minimum absolute atomic E-state index is 0.135. The number of carbonyl (C=O) groups is 1. The van der Waals surface area contributed by atoms with Crippen molar-refractivity contribution in [3.8, 4) is 5.75 Å². The summed E-state index contributed by atoms with van der Waals surface area (Å²) < 4.78 is 38.4.